The molecule has 0 saturated heterocycles. The average Bonchev–Trinajstić information content (AvgIpc) is 3.24. The molecule has 0 aliphatic carbocycles. The highest BCUT2D eigenvalue weighted by Gasteiger charge is 2.12. The lowest BCUT2D eigenvalue weighted by molar-refractivity contribution is 0.454. The first-order valence-electron chi connectivity index (χ1n) is 8.97. The van der Waals surface area contributed by atoms with Crippen LogP contribution in [0.2, 0.25) is 5.02 Å². The summed E-state index contributed by atoms with van der Waals surface area (Å²) < 4.78 is 34.8. The molecule has 4 rings (SSSR count). The highest BCUT2D eigenvalue weighted by molar-refractivity contribution is 7.91. The van der Waals surface area contributed by atoms with Gasteiger partial charge < -0.3 is 9.30 Å². The molecule has 0 unspecified atom stereocenters. The van der Waals surface area contributed by atoms with E-state index in [0.717, 1.165) is 0 Å². The Hall–Kier alpha value is -3.36. The van der Waals surface area contributed by atoms with Crippen LogP contribution in [0.15, 0.2) is 85.2 Å². The van der Waals surface area contributed by atoms with E-state index in [1.54, 1.807) is 60.7 Å². The van der Waals surface area contributed by atoms with E-state index in [1.165, 1.54) is 0 Å². The molecule has 0 aliphatic rings. The summed E-state index contributed by atoms with van der Waals surface area (Å²) in [4.78, 5) is 0. The van der Waals surface area contributed by atoms with Gasteiger partial charge in [0.15, 0.2) is 5.82 Å². The van der Waals surface area contributed by atoms with Crippen LogP contribution >= 0.6 is 11.6 Å². The zero-order valence-electron chi connectivity index (χ0n) is 15.6. The summed E-state index contributed by atoms with van der Waals surface area (Å²) in [6.07, 6.45) is 3.74. The van der Waals surface area contributed by atoms with Gasteiger partial charge in [0.05, 0.1) is 5.75 Å². The topological polar surface area (TPSA) is 86.1 Å². The maximum Gasteiger partial charge on any atom is 0.238 e. The molecular weight excluding hydrogens is 424 g/mol. The number of rotatable bonds is 7. The van der Waals surface area contributed by atoms with Crippen LogP contribution in [0, 0.1) is 0 Å². The normalized spacial score (nSPS) is 11.2. The maximum absolute atomic E-state index is 12.4. The number of benzene rings is 2. The van der Waals surface area contributed by atoms with E-state index in [9.17, 15) is 8.42 Å². The van der Waals surface area contributed by atoms with Crippen LogP contribution < -0.4 is 9.46 Å². The summed E-state index contributed by atoms with van der Waals surface area (Å²) in [7, 11) is -3.58. The Morgan fingerprint density at radius 2 is 1.70 bits per heavy atom. The van der Waals surface area contributed by atoms with E-state index in [-0.39, 0.29) is 5.75 Å². The van der Waals surface area contributed by atoms with Crippen molar-refractivity contribution in [3.8, 4) is 17.4 Å². The van der Waals surface area contributed by atoms with Crippen molar-refractivity contribution in [1.29, 1.82) is 0 Å². The van der Waals surface area contributed by atoms with Gasteiger partial charge >= 0.3 is 0 Å². The first-order valence-corrected chi connectivity index (χ1v) is 11.0. The predicted molar refractivity (Wildman–Crippen MR) is 116 cm³/mol. The Morgan fingerprint density at radius 1 is 0.933 bits per heavy atom. The summed E-state index contributed by atoms with van der Waals surface area (Å²) in [5.41, 5.74) is 1.04. The lowest BCUT2D eigenvalue weighted by Crippen LogP contribution is -2.15. The van der Waals surface area contributed by atoms with Gasteiger partial charge in [-0.2, -0.15) is 0 Å². The van der Waals surface area contributed by atoms with Crippen molar-refractivity contribution in [2.24, 2.45) is 0 Å². The molecule has 152 valence electrons. The van der Waals surface area contributed by atoms with Gasteiger partial charge in [0.1, 0.15) is 5.75 Å². The Bertz CT molecular complexity index is 1230. The summed E-state index contributed by atoms with van der Waals surface area (Å²) >= 11 is 5.91. The van der Waals surface area contributed by atoms with Crippen LogP contribution in [0.4, 0.5) is 5.69 Å². The second kappa shape index (κ2) is 8.56. The number of aromatic nitrogens is 3. The van der Waals surface area contributed by atoms with Gasteiger partial charge in [-0.25, -0.2) is 8.42 Å². The van der Waals surface area contributed by atoms with Gasteiger partial charge in [-0.15, -0.1) is 10.2 Å². The van der Waals surface area contributed by atoms with Crippen LogP contribution in [0.1, 0.15) is 5.56 Å². The molecule has 0 radical (unpaired) electrons. The Labute approximate surface area is 179 Å². The van der Waals surface area contributed by atoms with Crippen molar-refractivity contribution in [2.45, 2.75) is 5.75 Å². The van der Waals surface area contributed by atoms with Gasteiger partial charge in [0.25, 0.3) is 0 Å². The van der Waals surface area contributed by atoms with Crippen LogP contribution in [-0.2, 0) is 15.8 Å². The van der Waals surface area contributed by atoms with Crippen LogP contribution in [0.3, 0.4) is 0 Å². The highest BCUT2D eigenvalue weighted by Crippen LogP contribution is 2.23. The molecule has 0 bridgehead atoms. The molecule has 0 saturated carbocycles. The van der Waals surface area contributed by atoms with Gasteiger partial charge in [-0.05, 0) is 60.2 Å². The molecule has 30 heavy (non-hydrogen) atoms. The minimum absolute atomic E-state index is 0.171. The quantitative estimate of drug-likeness (QED) is 0.452. The zero-order valence-corrected chi connectivity index (χ0v) is 17.2. The fourth-order valence-electron chi connectivity index (χ4n) is 2.77. The smallest absolute Gasteiger partial charge is 0.238 e. The second-order valence-corrected chi connectivity index (χ2v) is 8.60. The van der Waals surface area contributed by atoms with E-state index in [0.29, 0.717) is 33.7 Å². The third-order valence-corrected chi connectivity index (χ3v) is 5.59. The van der Waals surface area contributed by atoms with Crippen LogP contribution in [0.25, 0.3) is 5.82 Å². The summed E-state index contributed by atoms with van der Waals surface area (Å²) in [5.74, 6) is 1.35. The SMILES string of the molecule is O=S(=O)(Cc1cccc(Cl)c1)Nc1ccc(Oc2ccc(-n3cccc3)nn2)cc1. The monoisotopic (exact) mass is 440 g/mol. The Kier molecular flexibility index (Phi) is 5.69. The molecule has 9 heteroatoms. The van der Waals surface area contributed by atoms with Gasteiger partial charge in [-0.1, -0.05) is 23.7 Å². The first kappa shape index (κ1) is 19.9. The first-order chi connectivity index (χ1) is 14.5. The summed E-state index contributed by atoms with van der Waals surface area (Å²) in [6, 6.07) is 20.6. The molecule has 0 fully saturated rings. The third-order valence-electron chi connectivity index (χ3n) is 4.09. The fourth-order valence-corrected chi connectivity index (χ4v) is 4.16. The van der Waals surface area contributed by atoms with Crippen molar-refractivity contribution >= 4 is 27.3 Å². The van der Waals surface area contributed by atoms with E-state index >= 15 is 0 Å². The molecule has 0 spiro atoms. The zero-order chi connectivity index (χ0) is 21.0. The predicted octanol–water partition coefficient (Wildman–Crippen LogP) is 4.65. The largest absolute Gasteiger partial charge is 0.438 e. The standard InChI is InChI=1S/C21H17ClN4O3S/c22-17-5-3-4-16(14-17)15-30(27,28)25-18-6-8-19(9-7-18)29-21-11-10-20(23-24-21)26-12-1-2-13-26/h1-14,25H,15H2. The van der Waals surface area contributed by atoms with E-state index in [4.69, 9.17) is 16.3 Å². The molecule has 0 amide bonds. The average molecular weight is 441 g/mol. The maximum atomic E-state index is 12.4. The van der Waals surface area contributed by atoms with E-state index in [2.05, 4.69) is 14.9 Å². The van der Waals surface area contributed by atoms with Crippen molar-refractivity contribution in [3.05, 3.63) is 95.8 Å². The van der Waals surface area contributed by atoms with Crippen LogP contribution in [-0.4, -0.2) is 23.2 Å². The van der Waals surface area contributed by atoms with Crippen molar-refractivity contribution < 1.29 is 13.2 Å². The van der Waals surface area contributed by atoms with Gasteiger partial charge in [0.2, 0.25) is 15.9 Å². The molecule has 2 aromatic carbocycles. The minimum atomic E-state index is -3.58. The minimum Gasteiger partial charge on any atom is -0.438 e. The number of nitrogens with zero attached hydrogens (tertiary/aromatic N) is 3. The number of ether oxygens (including phenoxy) is 1. The highest BCUT2D eigenvalue weighted by atomic mass is 35.5. The van der Waals surface area contributed by atoms with Gasteiger partial charge in [0, 0.05) is 29.2 Å². The molecule has 0 aliphatic heterocycles. The Balaban J connectivity index is 1.39. The van der Waals surface area contributed by atoms with Crippen LogP contribution in [0.5, 0.6) is 11.6 Å². The van der Waals surface area contributed by atoms with Crippen molar-refractivity contribution in [1.82, 2.24) is 14.8 Å². The molecule has 1 N–H and O–H groups in total. The number of sulfonamides is 1. The number of halogens is 1. The number of hydrogen-bond acceptors (Lipinski definition) is 5. The van der Waals surface area contributed by atoms with Crippen molar-refractivity contribution in [3.63, 3.8) is 0 Å². The fraction of sp³-hybridized carbons (Fsp3) is 0.0476. The van der Waals surface area contributed by atoms with E-state index < -0.39 is 10.0 Å². The molecule has 4 aromatic rings. The Morgan fingerprint density at radius 3 is 2.37 bits per heavy atom. The van der Waals surface area contributed by atoms with E-state index in [1.807, 2.05) is 29.1 Å². The molecule has 2 aromatic heterocycles. The summed E-state index contributed by atoms with van der Waals surface area (Å²) in [5, 5.41) is 8.66. The molecule has 7 nitrogen and oxygen atoms in total. The lowest BCUT2D eigenvalue weighted by Gasteiger charge is -2.10. The molecule has 2 heterocycles. The second-order valence-electron chi connectivity index (χ2n) is 6.44. The molecular formula is C21H17ClN4O3S. The van der Waals surface area contributed by atoms with Crippen molar-refractivity contribution in [2.75, 3.05) is 4.72 Å². The lowest BCUT2D eigenvalue weighted by atomic mass is 10.2. The number of anilines is 1. The number of hydrogen-bond donors (Lipinski definition) is 1. The molecule has 0 atom stereocenters. The summed E-state index contributed by atoms with van der Waals surface area (Å²) in [6.45, 7) is 0. The van der Waals surface area contributed by atoms with Gasteiger partial charge in [-0.3, -0.25) is 4.72 Å². The third kappa shape index (κ3) is 5.16. The number of nitrogens with one attached hydrogen (secondary N) is 1.